The van der Waals surface area contributed by atoms with Gasteiger partial charge in [-0.2, -0.15) is 0 Å². The zero-order valence-electron chi connectivity index (χ0n) is 7.68. The standard InChI is InChI=1S/C10H17NO/c1-3-5-9(2)11-8-10-6-4-7-12-10/h1,9-11H,4-8H2,2H3. The van der Waals surface area contributed by atoms with Crippen molar-refractivity contribution in [1.29, 1.82) is 0 Å². The van der Waals surface area contributed by atoms with Gasteiger partial charge in [-0.3, -0.25) is 0 Å². The Labute approximate surface area is 74.7 Å². The molecule has 1 N–H and O–H groups in total. The number of ether oxygens (including phenoxy) is 1. The fraction of sp³-hybridized carbons (Fsp3) is 0.800. The van der Waals surface area contributed by atoms with Gasteiger partial charge in [0, 0.05) is 25.6 Å². The highest BCUT2D eigenvalue weighted by Gasteiger charge is 2.15. The number of hydrogen-bond donors (Lipinski definition) is 1. The van der Waals surface area contributed by atoms with Crippen LogP contribution >= 0.6 is 0 Å². The van der Waals surface area contributed by atoms with Crippen molar-refractivity contribution in [1.82, 2.24) is 5.32 Å². The molecule has 2 nitrogen and oxygen atoms in total. The van der Waals surface area contributed by atoms with Crippen LogP contribution in [0.3, 0.4) is 0 Å². The Kier molecular flexibility index (Phi) is 4.13. The Balaban J connectivity index is 2.04. The van der Waals surface area contributed by atoms with E-state index in [1.807, 2.05) is 0 Å². The molecule has 2 atom stereocenters. The second-order valence-corrected chi connectivity index (χ2v) is 3.35. The minimum atomic E-state index is 0.416. The average Bonchev–Trinajstić information content (AvgIpc) is 2.53. The molecular formula is C10H17NO. The summed E-state index contributed by atoms with van der Waals surface area (Å²) in [7, 11) is 0. The first kappa shape index (κ1) is 9.57. The third-order valence-corrected chi connectivity index (χ3v) is 2.14. The number of hydrogen-bond acceptors (Lipinski definition) is 2. The Morgan fingerprint density at radius 3 is 3.17 bits per heavy atom. The van der Waals surface area contributed by atoms with Crippen molar-refractivity contribution >= 4 is 0 Å². The second-order valence-electron chi connectivity index (χ2n) is 3.35. The van der Waals surface area contributed by atoms with Crippen LogP contribution in [0, 0.1) is 12.3 Å². The molecule has 68 valence electrons. The van der Waals surface area contributed by atoms with Gasteiger partial charge in [0.15, 0.2) is 0 Å². The van der Waals surface area contributed by atoms with E-state index >= 15 is 0 Å². The quantitative estimate of drug-likeness (QED) is 0.635. The third-order valence-electron chi connectivity index (χ3n) is 2.14. The van der Waals surface area contributed by atoms with Crippen molar-refractivity contribution in [2.75, 3.05) is 13.2 Å². The van der Waals surface area contributed by atoms with Gasteiger partial charge in [0.2, 0.25) is 0 Å². The van der Waals surface area contributed by atoms with Crippen molar-refractivity contribution in [3.8, 4) is 12.3 Å². The molecule has 0 aliphatic carbocycles. The first-order valence-electron chi connectivity index (χ1n) is 4.61. The topological polar surface area (TPSA) is 21.3 Å². The fourth-order valence-electron chi connectivity index (χ4n) is 1.39. The Bertz CT molecular complexity index is 156. The van der Waals surface area contributed by atoms with E-state index in [1.165, 1.54) is 12.8 Å². The fourth-order valence-corrected chi connectivity index (χ4v) is 1.39. The largest absolute Gasteiger partial charge is 0.377 e. The summed E-state index contributed by atoms with van der Waals surface area (Å²) in [6.45, 7) is 3.98. The molecule has 1 heterocycles. The van der Waals surface area contributed by atoms with E-state index in [0.29, 0.717) is 12.1 Å². The molecule has 0 radical (unpaired) electrons. The molecule has 1 saturated heterocycles. The van der Waals surface area contributed by atoms with E-state index in [1.54, 1.807) is 0 Å². The second kappa shape index (κ2) is 5.18. The van der Waals surface area contributed by atoms with Crippen molar-refractivity contribution in [3.63, 3.8) is 0 Å². The molecule has 2 unspecified atom stereocenters. The van der Waals surface area contributed by atoms with E-state index in [9.17, 15) is 0 Å². The van der Waals surface area contributed by atoms with E-state index in [4.69, 9.17) is 11.2 Å². The van der Waals surface area contributed by atoms with Crippen molar-refractivity contribution in [3.05, 3.63) is 0 Å². The van der Waals surface area contributed by atoms with Crippen LogP contribution in [0.4, 0.5) is 0 Å². The average molecular weight is 167 g/mol. The molecule has 0 saturated carbocycles. The van der Waals surface area contributed by atoms with Gasteiger partial charge in [-0.25, -0.2) is 0 Å². The van der Waals surface area contributed by atoms with E-state index in [-0.39, 0.29) is 0 Å². The minimum Gasteiger partial charge on any atom is -0.377 e. The Morgan fingerprint density at radius 1 is 1.75 bits per heavy atom. The van der Waals surface area contributed by atoms with Crippen LogP contribution in [-0.2, 0) is 4.74 Å². The molecular weight excluding hydrogens is 150 g/mol. The highest BCUT2D eigenvalue weighted by atomic mass is 16.5. The van der Waals surface area contributed by atoms with Crippen LogP contribution in [0.15, 0.2) is 0 Å². The lowest BCUT2D eigenvalue weighted by atomic mass is 10.2. The van der Waals surface area contributed by atoms with Gasteiger partial charge in [0.05, 0.1) is 6.10 Å². The third kappa shape index (κ3) is 3.25. The lowest BCUT2D eigenvalue weighted by molar-refractivity contribution is 0.108. The molecule has 1 aliphatic rings. The lowest BCUT2D eigenvalue weighted by Gasteiger charge is -2.14. The summed E-state index contributed by atoms with van der Waals surface area (Å²) in [6, 6.07) is 0.416. The molecule has 2 heteroatoms. The first-order chi connectivity index (χ1) is 5.83. The van der Waals surface area contributed by atoms with Gasteiger partial charge >= 0.3 is 0 Å². The van der Waals surface area contributed by atoms with Gasteiger partial charge in [0.1, 0.15) is 0 Å². The summed E-state index contributed by atoms with van der Waals surface area (Å²) in [4.78, 5) is 0. The predicted molar refractivity (Wildman–Crippen MR) is 49.9 cm³/mol. The van der Waals surface area contributed by atoms with Crippen LogP contribution in [0.2, 0.25) is 0 Å². The van der Waals surface area contributed by atoms with Crippen LogP contribution in [0.5, 0.6) is 0 Å². The summed E-state index contributed by atoms with van der Waals surface area (Å²) < 4.78 is 5.47. The van der Waals surface area contributed by atoms with E-state index in [2.05, 4.69) is 18.2 Å². The normalized spacial score (nSPS) is 25.2. The highest BCUT2D eigenvalue weighted by molar-refractivity contribution is 4.88. The molecule has 0 aromatic carbocycles. The van der Waals surface area contributed by atoms with E-state index in [0.717, 1.165) is 19.6 Å². The molecule has 1 aliphatic heterocycles. The molecule has 0 amide bonds. The Hall–Kier alpha value is -0.520. The number of rotatable bonds is 4. The maximum Gasteiger partial charge on any atom is 0.0700 e. The maximum atomic E-state index is 5.47. The summed E-state index contributed by atoms with van der Waals surface area (Å²) in [5.74, 6) is 2.64. The minimum absolute atomic E-state index is 0.416. The molecule has 1 fully saturated rings. The SMILES string of the molecule is C#CCC(C)NCC1CCCO1. The molecule has 0 aromatic rings. The predicted octanol–water partition coefficient (Wildman–Crippen LogP) is 1.17. The lowest BCUT2D eigenvalue weighted by Crippen LogP contribution is -2.33. The van der Waals surface area contributed by atoms with Crippen LogP contribution in [0.1, 0.15) is 26.2 Å². The van der Waals surface area contributed by atoms with Crippen LogP contribution < -0.4 is 5.32 Å². The zero-order chi connectivity index (χ0) is 8.81. The molecule has 1 rings (SSSR count). The molecule has 0 bridgehead atoms. The van der Waals surface area contributed by atoms with Gasteiger partial charge in [-0.05, 0) is 19.8 Å². The summed E-state index contributed by atoms with van der Waals surface area (Å²) in [5.41, 5.74) is 0. The van der Waals surface area contributed by atoms with Gasteiger partial charge < -0.3 is 10.1 Å². The Morgan fingerprint density at radius 2 is 2.58 bits per heavy atom. The van der Waals surface area contributed by atoms with Gasteiger partial charge in [-0.1, -0.05) is 0 Å². The number of terminal acetylenes is 1. The first-order valence-corrected chi connectivity index (χ1v) is 4.61. The molecule has 12 heavy (non-hydrogen) atoms. The van der Waals surface area contributed by atoms with E-state index < -0.39 is 0 Å². The van der Waals surface area contributed by atoms with Crippen molar-refractivity contribution in [2.45, 2.75) is 38.3 Å². The smallest absolute Gasteiger partial charge is 0.0700 e. The maximum absolute atomic E-state index is 5.47. The monoisotopic (exact) mass is 167 g/mol. The molecule has 0 aromatic heterocycles. The zero-order valence-corrected chi connectivity index (χ0v) is 7.68. The van der Waals surface area contributed by atoms with Crippen molar-refractivity contribution < 1.29 is 4.74 Å². The highest BCUT2D eigenvalue weighted by Crippen LogP contribution is 2.10. The van der Waals surface area contributed by atoms with Crippen LogP contribution in [0.25, 0.3) is 0 Å². The number of nitrogens with one attached hydrogen (secondary N) is 1. The van der Waals surface area contributed by atoms with Crippen molar-refractivity contribution in [2.24, 2.45) is 0 Å². The summed E-state index contributed by atoms with van der Waals surface area (Å²) >= 11 is 0. The summed E-state index contributed by atoms with van der Waals surface area (Å²) in [6.07, 6.45) is 8.81. The molecule has 0 spiro atoms. The summed E-state index contributed by atoms with van der Waals surface area (Å²) in [5, 5.41) is 3.36. The van der Waals surface area contributed by atoms with Gasteiger partial charge in [-0.15, -0.1) is 12.3 Å². The van der Waals surface area contributed by atoms with Crippen LogP contribution in [-0.4, -0.2) is 25.3 Å². The van der Waals surface area contributed by atoms with Gasteiger partial charge in [0.25, 0.3) is 0 Å².